The fraction of sp³-hybridized carbons (Fsp3) is 0.273. The summed E-state index contributed by atoms with van der Waals surface area (Å²) in [6, 6.07) is 1.88. The van der Waals surface area contributed by atoms with E-state index in [9.17, 15) is 0 Å². The SMILES string of the molecule is CC(C)Oc1c(Cl)ncc2ccncc12. The van der Waals surface area contributed by atoms with Crippen LogP contribution >= 0.6 is 11.6 Å². The largest absolute Gasteiger partial charge is 0.487 e. The van der Waals surface area contributed by atoms with Gasteiger partial charge in [0.15, 0.2) is 10.9 Å². The first kappa shape index (κ1) is 10.2. The highest BCUT2D eigenvalue weighted by Gasteiger charge is 2.10. The first-order valence-electron chi connectivity index (χ1n) is 4.73. The van der Waals surface area contributed by atoms with E-state index in [-0.39, 0.29) is 6.10 Å². The van der Waals surface area contributed by atoms with Gasteiger partial charge >= 0.3 is 0 Å². The predicted octanol–water partition coefficient (Wildman–Crippen LogP) is 3.07. The van der Waals surface area contributed by atoms with Crippen molar-refractivity contribution in [2.24, 2.45) is 0 Å². The summed E-state index contributed by atoms with van der Waals surface area (Å²) in [7, 11) is 0. The molecule has 0 bridgehead atoms. The number of ether oxygens (including phenoxy) is 1. The molecule has 2 aromatic rings. The Morgan fingerprint density at radius 3 is 2.87 bits per heavy atom. The maximum atomic E-state index is 5.98. The molecule has 4 heteroatoms. The van der Waals surface area contributed by atoms with E-state index < -0.39 is 0 Å². The van der Waals surface area contributed by atoms with E-state index in [4.69, 9.17) is 16.3 Å². The maximum absolute atomic E-state index is 5.98. The van der Waals surface area contributed by atoms with E-state index in [1.165, 1.54) is 0 Å². The summed E-state index contributed by atoms with van der Waals surface area (Å²) >= 11 is 5.98. The number of rotatable bonds is 2. The van der Waals surface area contributed by atoms with Gasteiger partial charge in [-0.15, -0.1) is 0 Å². The fourth-order valence-corrected chi connectivity index (χ4v) is 1.55. The van der Waals surface area contributed by atoms with Crippen LogP contribution in [0.4, 0.5) is 0 Å². The van der Waals surface area contributed by atoms with Gasteiger partial charge in [-0.1, -0.05) is 11.6 Å². The number of pyridine rings is 2. The third kappa shape index (κ3) is 2.02. The molecule has 0 aliphatic carbocycles. The predicted molar refractivity (Wildman–Crippen MR) is 60.3 cm³/mol. The van der Waals surface area contributed by atoms with Crippen LogP contribution in [0.15, 0.2) is 24.7 Å². The van der Waals surface area contributed by atoms with Crippen LogP contribution in [0.5, 0.6) is 5.75 Å². The van der Waals surface area contributed by atoms with Crippen LogP contribution in [0.3, 0.4) is 0 Å². The van der Waals surface area contributed by atoms with E-state index in [0.717, 1.165) is 10.8 Å². The van der Waals surface area contributed by atoms with E-state index in [0.29, 0.717) is 10.9 Å². The van der Waals surface area contributed by atoms with Crippen LogP contribution < -0.4 is 4.74 Å². The van der Waals surface area contributed by atoms with Crippen molar-refractivity contribution in [2.75, 3.05) is 0 Å². The Hall–Kier alpha value is -1.35. The average Bonchev–Trinajstić information content (AvgIpc) is 2.22. The molecule has 0 aliphatic heterocycles. The monoisotopic (exact) mass is 222 g/mol. The Morgan fingerprint density at radius 1 is 1.33 bits per heavy atom. The molecule has 0 aromatic carbocycles. The van der Waals surface area contributed by atoms with Crippen LogP contribution in [0.1, 0.15) is 13.8 Å². The molecule has 0 saturated heterocycles. The Morgan fingerprint density at radius 2 is 2.13 bits per heavy atom. The van der Waals surface area contributed by atoms with Crippen molar-refractivity contribution in [3.05, 3.63) is 29.8 Å². The quantitative estimate of drug-likeness (QED) is 0.733. The molecule has 0 amide bonds. The lowest BCUT2D eigenvalue weighted by molar-refractivity contribution is 0.245. The van der Waals surface area contributed by atoms with E-state index in [1.54, 1.807) is 18.6 Å². The molecule has 0 atom stereocenters. The molecule has 2 rings (SSSR count). The van der Waals surface area contributed by atoms with Gasteiger partial charge in [-0.25, -0.2) is 4.98 Å². The van der Waals surface area contributed by atoms with Gasteiger partial charge in [0.25, 0.3) is 0 Å². The average molecular weight is 223 g/mol. The summed E-state index contributed by atoms with van der Waals surface area (Å²) in [5.41, 5.74) is 0. The molecule has 0 spiro atoms. The number of hydrogen-bond donors (Lipinski definition) is 0. The van der Waals surface area contributed by atoms with Gasteiger partial charge in [0.1, 0.15) is 0 Å². The summed E-state index contributed by atoms with van der Waals surface area (Å²) < 4.78 is 5.62. The van der Waals surface area contributed by atoms with Crippen molar-refractivity contribution >= 4 is 22.4 Å². The van der Waals surface area contributed by atoms with Crippen LogP contribution in [0.25, 0.3) is 10.8 Å². The first-order valence-corrected chi connectivity index (χ1v) is 5.11. The van der Waals surface area contributed by atoms with Crippen molar-refractivity contribution < 1.29 is 4.74 Å². The summed E-state index contributed by atoms with van der Waals surface area (Å²) in [5, 5.41) is 2.25. The molecular weight excluding hydrogens is 212 g/mol. The zero-order valence-corrected chi connectivity index (χ0v) is 9.32. The molecule has 3 nitrogen and oxygen atoms in total. The van der Waals surface area contributed by atoms with Gasteiger partial charge in [0.2, 0.25) is 0 Å². The number of fused-ring (bicyclic) bond motifs is 1. The van der Waals surface area contributed by atoms with Crippen molar-refractivity contribution in [1.82, 2.24) is 9.97 Å². The highest BCUT2D eigenvalue weighted by molar-refractivity contribution is 6.31. The van der Waals surface area contributed by atoms with Crippen LogP contribution in [0, 0.1) is 0 Å². The number of nitrogens with zero attached hydrogens (tertiary/aromatic N) is 2. The number of halogens is 1. The molecule has 0 saturated carbocycles. The smallest absolute Gasteiger partial charge is 0.171 e. The second kappa shape index (κ2) is 4.03. The molecular formula is C11H11ClN2O. The van der Waals surface area contributed by atoms with Crippen molar-refractivity contribution in [1.29, 1.82) is 0 Å². The highest BCUT2D eigenvalue weighted by Crippen LogP contribution is 2.31. The molecule has 2 aromatic heterocycles. The lowest BCUT2D eigenvalue weighted by Crippen LogP contribution is -2.06. The number of aromatic nitrogens is 2. The maximum Gasteiger partial charge on any atom is 0.171 e. The minimum absolute atomic E-state index is 0.0649. The highest BCUT2D eigenvalue weighted by atomic mass is 35.5. The van der Waals surface area contributed by atoms with Crippen molar-refractivity contribution in [3.8, 4) is 5.75 Å². The van der Waals surface area contributed by atoms with E-state index in [2.05, 4.69) is 9.97 Å². The fourth-order valence-electron chi connectivity index (χ4n) is 1.35. The topological polar surface area (TPSA) is 35.0 Å². The second-order valence-electron chi connectivity index (χ2n) is 3.51. The molecule has 0 fully saturated rings. The third-order valence-corrected chi connectivity index (χ3v) is 2.23. The van der Waals surface area contributed by atoms with Crippen LogP contribution in [-0.2, 0) is 0 Å². The second-order valence-corrected chi connectivity index (χ2v) is 3.87. The zero-order valence-electron chi connectivity index (χ0n) is 8.57. The van der Waals surface area contributed by atoms with E-state index in [1.807, 2.05) is 19.9 Å². The summed E-state index contributed by atoms with van der Waals surface area (Å²) in [6.45, 7) is 3.90. The van der Waals surface area contributed by atoms with Gasteiger partial charge in [-0.05, 0) is 19.9 Å². The zero-order chi connectivity index (χ0) is 10.8. The molecule has 2 heterocycles. The van der Waals surface area contributed by atoms with E-state index >= 15 is 0 Å². The van der Waals surface area contributed by atoms with Crippen molar-refractivity contribution in [3.63, 3.8) is 0 Å². The summed E-state index contributed by atoms with van der Waals surface area (Å²) in [5.74, 6) is 0.609. The van der Waals surface area contributed by atoms with Gasteiger partial charge in [0, 0.05) is 29.4 Å². The summed E-state index contributed by atoms with van der Waals surface area (Å²) in [4.78, 5) is 8.13. The van der Waals surface area contributed by atoms with Gasteiger partial charge in [-0.2, -0.15) is 0 Å². The molecule has 0 unspecified atom stereocenters. The lowest BCUT2D eigenvalue weighted by atomic mass is 10.2. The first-order chi connectivity index (χ1) is 7.18. The van der Waals surface area contributed by atoms with Gasteiger partial charge in [-0.3, -0.25) is 4.98 Å². The molecule has 0 N–H and O–H groups in total. The standard InChI is InChI=1S/C11H11ClN2O/c1-7(2)15-10-9-6-13-4-3-8(9)5-14-11(10)12/h3-7H,1-2H3. The minimum atomic E-state index is 0.0649. The van der Waals surface area contributed by atoms with Crippen LogP contribution in [0.2, 0.25) is 5.15 Å². The minimum Gasteiger partial charge on any atom is -0.487 e. The Balaban J connectivity index is 2.63. The molecule has 0 aliphatic rings. The van der Waals surface area contributed by atoms with Gasteiger partial charge < -0.3 is 4.74 Å². The lowest BCUT2D eigenvalue weighted by Gasteiger charge is -2.12. The molecule has 78 valence electrons. The van der Waals surface area contributed by atoms with Crippen LogP contribution in [-0.4, -0.2) is 16.1 Å². The van der Waals surface area contributed by atoms with Gasteiger partial charge in [0.05, 0.1) is 6.10 Å². The Bertz CT molecular complexity index is 485. The van der Waals surface area contributed by atoms with Crippen molar-refractivity contribution in [2.45, 2.75) is 20.0 Å². The Kier molecular flexibility index (Phi) is 2.73. The normalized spacial score (nSPS) is 10.9. The number of hydrogen-bond acceptors (Lipinski definition) is 3. The third-order valence-electron chi connectivity index (χ3n) is 1.96. The molecule has 0 radical (unpaired) electrons. The Labute approximate surface area is 93.1 Å². The molecule has 15 heavy (non-hydrogen) atoms. The summed E-state index contributed by atoms with van der Waals surface area (Å²) in [6.07, 6.45) is 5.24.